The third-order valence-corrected chi connectivity index (χ3v) is 4.86. The van der Waals surface area contributed by atoms with E-state index in [0.29, 0.717) is 12.1 Å². The van der Waals surface area contributed by atoms with E-state index in [1.54, 1.807) is 0 Å². The maximum absolute atomic E-state index is 11.0. The number of carboxylic acid groups (broad SMARTS) is 1. The van der Waals surface area contributed by atoms with Crippen molar-refractivity contribution in [1.82, 2.24) is 9.80 Å². The second-order valence-electron chi connectivity index (χ2n) is 6.36. The van der Waals surface area contributed by atoms with Gasteiger partial charge in [-0.3, -0.25) is 4.79 Å². The van der Waals surface area contributed by atoms with Gasteiger partial charge in [0.1, 0.15) is 0 Å². The molecule has 0 saturated carbocycles. The SMILES string of the molecule is CC(C)N1CCCC(N2CCC(C(=O)O)CC2)CC1. The summed E-state index contributed by atoms with van der Waals surface area (Å²) in [6, 6.07) is 1.33. The molecule has 19 heavy (non-hydrogen) atoms. The molecule has 0 aromatic heterocycles. The number of hydrogen-bond acceptors (Lipinski definition) is 3. The van der Waals surface area contributed by atoms with E-state index in [1.807, 2.05) is 0 Å². The Hall–Kier alpha value is -0.610. The van der Waals surface area contributed by atoms with Crippen LogP contribution in [-0.2, 0) is 4.79 Å². The largest absolute Gasteiger partial charge is 0.481 e. The molecule has 2 heterocycles. The smallest absolute Gasteiger partial charge is 0.306 e. The first-order valence-electron chi connectivity index (χ1n) is 7.79. The molecule has 0 aromatic rings. The Balaban J connectivity index is 1.81. The van der Waals surface area contributed by atoms with Crippen molar-refractivity contribution in [2.45, 2.75) is 58.0 Å². The van der Waals surface area contributed by atoms with E-state index in [1.165, 1.54) is 32.4 Å². The van der Waals surface area contributed by atoms with Gasteiger partial charge in [-0.25, -0.2) is 0 Å². The van der Waals surface area contributed by atoms with E-state index >= 15 is 0 Å². The van der Waals surface area contributed by atoms with Crippen LogP contribution in [0.3, 0.4) is 0 Å². The number of carboxylic acids is 1. The van der Waals surface area contributed by atoms with Gasteiger partial charge in [-0.15, -0.1) is 0 Å². The normalized spacial score (nSPS) is 28.5. The van der Waals surface area contributed by atoms with Crippen LogP contribution >= 0.6 is 0 Å². The van der Waals surface area contributed by atoms with Gasteiger partial charge in [-0.05, 0) is 72.1 Å². The summed E-state index contributed by atoms with van der Waals surface area (Å²) in [6.45, 7) is 8.92. The van der Waals surface area contributed by atoms with Crippen molar-refractivity contribution in [2.24, 2.45) is 5.92 Å². The summed E-state index contributed by atoms with van der Waals surface area (Å²) in [6.07, 6.45) is 5.47. The summed E-state index contributed by atoms with van der Waals surface area (Å²) in [4.78, 5) is 16.1. The zero-order valence-electron chi connectivity index (χ0n) is 12.3. The maximum atomic E-state index is 11.0. The minimum Gasteiger partial charge on any atom is -0.481 e. The van der Waals surface area contributed by atoms with E-state index in [-0.39, 0.29) is 5.92 Å². The van der Waals surface area contributed by atoms with Crippen LogP contribution in [0.2, 0.25) is 0 Å². The molecule has 2 saturated heterocycles. The van der Waals surface area contributed by atoms with Crippen molar-refractivity contribution in [3.8, 4) is 0 Å². The molecule has 0 radical (unpaired) electrons. The van der Waals surface area contributed by atoms with Crippen LogP contribution in [0.1, 0.15) is 46.0 Å². The standard InChI is InChI=1S/C15H28N2O2/c1-12(2)16-8-3-4-14(7-11-16)17-9-5-13(6-10-17)15(18)19/h12-14H,3-11H2,1-2H3,(H,18,19). The first-order chi connectivity index (χ1) is 9.08. The molecule has 0 bridgehead atoms. The Morgan fingerprint density at radius 2 is 1.74 bits per heavy atom. The number of hydrogen-bond donors (Lipinski definition) is 1. The predicted octanol–water partition coefficient (Wildman–Crippen LogP) is 2.05. The van der Waals surface area contributed by atoms with Gasteiger partial charge in [-0.2, -0.15) is 0 Å². The van der Waals surface area contributed by atoms with Crippen LogP contribution in [0.15, 0.2) is 0 Å². The van der Waals surface area contributed by atoms with E-state index in [4.69, 9.17) is 5.11 Å². The van der Waals surface area contributed by atoms with Crippen LogP contribution in [0.25, 0.3) is 0 Å². The first kappa shape index (κ1) is 14.8. The van der Waals surface area contributed by atoms with Gasteiger partial charge >= 0.3 is 5.97 Å². The van der Waals surface area contributed by atoms with E-state index in [0.717, 1.165) is 25.9 Å². The van der Waals surface area contributed by atoms with Crippen molar-refractivity contribution in [1.29, 1.82) is 0 Å². The number of rotatable bonds is 3. The van der Waals surface area contributed by atoms with Crippen LogP contribution in [0, 0.1) is 5.92 Å². The molecule has 0 aliphatic carbocycles. The number of likely N-dealkylation sites (tertiary alicyclic amines) is 2. The maximum Gasteiger partial charge on any atom is 0.306 e. The van der Waals surface area contributed by atoms with Gasteiger partial charge < -0.3 is 14.9 Å². The molecular formula is C15H28N2O2. The third-order valence-electron chi connectivity index (χ3n) is 4.86. The molecule has 2 rings (SSSR count). The van der Waals surface area contributed by atoms with Crippen LogP contribution in [-0.4, -0.2) is 59.1 Å². The summed E-state index contributed by atoms with van der Waals surface area (Å²) in [7, 11) is 0. The second kappa shape index (κ2) is 6.71. The van der Waals surface area contributed by atoms with Crippen molar-refractivity contribution in [3.05, 3.63) is 0 Å². The Labute approximate surface area is 116 Å². The van der Waals surface area contributed by atoms with Gasteiger partial charge in [0.2, 0.25) is 0 Å². The van der Waals surface area contributed by atoms with E-state index < -0.39 is 5.97 Å². The lowest BCUT2D eigenvalue weighted by atomic mass is 9.94. The van der Waals surface area contributed by atoms with Gasteiger partial charge in [0.05, 0.1) is 5.92 Å². The van der Waals surface area contributed by atoms with Gasteiger partial charge in [-0.1, -0.05) is 0 Å². The zero-order chi connectivity index (χ0) is 13.8. The summed E-state index contributed by atoms with van der Waals surface area (Å²) < 4.78 is 0. The summed E-state index contributed by atoms with van der Waals surface area (Å²) in [5.74, 6) is -0.708. The molecule has 4 heteroatoms. The van der Waals surface area contributed by atoms with Crippen molar-refractivity contribution < 1.29 is 9.90 Å². The molecule has 110 valence electrons. The Bertz CT molecular complexity index is 299. The number of aliphatic carboxylic acids is 1. The van der Waals surface area contributed by atoms with Crippen LogP contribution in [0.4, 0.5) is 0 Å². The van der Waals surface area contributed by atoms with Crippen LogP contribution in [0.5, 0.6) is 0 Å². The molecule has 2 aliphatic rings. The molecule has 2 fully saturated rings. The molecular weight excluding hydrogens is 240 g/mol. The molecule has 1 N–H and O–H groups in total. The topological polar surface area (TPSA) is 43.8 Å². The van der Waals surface area contributed by atoms with E-state index in [9.17, 15) is 4.79 Å². The highest BCUT2D eigenvalue weighted by molar-refractivity contribution is 5.70. The molecule has 0 aromatic carbocycles. The molecule has 0 amide bonds. The molecule has 0 spiro atoms. The van der Waals surface area contributed by atoms with Gasteiger partial charge in [0, 0.05) is 12.1 Å². The molecule has 1 unspecified atom stereocenters. The average molecular weight is 268 g/mol. The van der Waals surface area contributed by atoms with Crippen molar-refractivity contribution >= 4 is 5.97 Å². The summed E-state index contributed by atoms with van der Waals surface area (Å²) in [5, 5.41) is 9.05. The van der Waals surface area contributed by atoms with E-state index in [2.05, 4.69) is 23.6 Å². The lowest BCUT2D eigenvalue weighted by molar-refractivity contribution is -0.143. The average Bonchev–Trinajstić information content (AvgIpc) is 2.64. The second-order valence-corrected chi connectivity index (χ2v) is 6.36. The van der Waals surface area contributed by atoms with Gasteiger partial charge in [0.25, 0.3) is 0 Å². The third kappa shape index (κ3) is 3.93. The lowest BCUT2D eigenvalue weighted by Crippen LogP contribution is -2.43. The molecule has 1 atom stereocenters. The highest BCUT2D eigenvalue weighted by Gasteiger charge is 2.29. The Morgan fingerprint density at radius 3 is 2.32 bits per heavy atom. The fourth-order valence-electron chi connectivity index (χ4n) is 3.49. The number of piperidine rings is 1. The zero-order valence-corrected chi connectivity index (χ0v) is 12.3. The Morgan fingerprint density at radius 1 is 1.05 bits per heavy atom. The minimum atomic E-state index is -0.605. The minimum absolute atomic E-state index is 0.103. The summed E-state index contributed by atoms with van der Waals surface area (Å²) in [5.41, 5.74) is 0. The highest BCUT2D eigenvalue weighted by Crippen LogP contribution is 2.24. The molecule has 4 nitrogen and oxygen atoms in total. The number of carbonyl (C=O) groups is 1. The molecule has 2 aliphatic heterocycles. The van der Waals surface area contributed by atoms with Crippen LogP contribution < -0.4 is 0 Å². The predicted molar refractivity (Wildman–Crippen MR) is 76.3 cm³/mol. The Kier molecular flexibility index (Phi) is 5.22. The highest BCUT2D eigenvalue weighted by atomic mass is 16.4. The fourth-order valence-corrected chi connectivity index (χ4v) is 3.49. The fraction of sp³-hybridized carbons (Fsp3) is 0.933. The van der Waals surface area contributed by atoms with Gasteiger partial charge in [0.15, 0.2) is 0 Å². The number of nitrogens with zero attached hydrogens (tertiary/aromatic N) is 2. The first-order valence-corrected chi connectivity index (χ1v) is 7.79. The quantitative estimate of drug-likeness (QED) is 0.851. The lowest BCUT2D eigenvalue weighted by Gasteiger charge is -2.36. The van der Waals surface area contributed by atoms with Crippen molar-refractivity contribution in [2.75, 3.05) is 26.2 Å². The van der Waals surface area contributed by atoms with Crippen molar-refractivity contribution in [3.63, 3.8) is 0 Å². The monoisotopic (exact) mass is 268 g/mol. The summed E-state index contributed by atoms with van der Waals surface area (Å²) >= 11 is 0.